The van der Waals surface area contributed by atoms with Gasteiger partial charge in [-0.1, -0.05) is 57.2 Å². The molecule has 0 saturated carbocycles. The second-order valence-electron chi connectivity index (χ2n) is 6.59. The van der Waals surface area contributed by atoms with Crippen LogP contribution in [-0.4, -0.2) is 38.3 Å². The van der Waals surface area contributed by atoms with Crippen LogP contribution in [0.5, 0.6) is 0 Å². The van der Waals surface area contributed by atoms with Gasteiger partial charge >= 0.3 is 0 Å². The lowest BCUT2D eigenvalue weighted by Crippen LogP contribution is -2.32. The summed E-state index contributed by atoms with van der Waals surface area (Å²) in [5.74, 6) is -0.103. The number of benzene rings is 2. The van der Waals surface area contributed by atoms with Crippen molar-refractivity contribution in [3.05, 3.63) is 65.2 Å². The van der Waals surface area contributed by atoms with Crippen LogP contribution in [-0.2, 0) is 10.0 Å². The average molecular weight is 389 g/mol. The summed E-state index contributed by atoms with van der Waals surface area (Å²) < 4.78 is 27.1. The molecule has 1 N–H and O–H groups in total. The van der Waals surface area contributed by atoms with E-state index in [0.717, 1.165) is 5.56 Å². The third-order valence-corrected chi connectivity index (χ3v) is 6.90. The normalized spacial score (nSPS) is 12.8. The topological polar surface area (TPSA) is 66.5 Å². The lowest BCUT2D eigenvalue weighted by atomic mass is 10.0. The number of nitrogens with one attached hydrogen (secondary N) is 1. The van der Waals surface area contributed by atoms with E-state index >= 15 is 0 Å². The quantitative estimate of drug-likeness (QED) is 0.752. The molecule has 0 fully saturated rings. The first-order valence-electron chi connectivity index (χ1n) is 9.25. The standard InChI is InChI=1S/C21H28N2O3S/c1-5-23(6-2)27(25,26)20-14-19(13-12-16(20)3)21(24)22-15-17(4)18-10-8-7-9-11-18/h7-14,17H,5-6,15H2,1-4H3,(H,22,24). The highest BCUT2D eigenvalue weighted by molar-refractivity contribution is 7.89. The van der Waals surface area contributed by atoms with E-state index in [9.17, 15) is 13.2 Å². The Morgan fingerprint density at radius 2 is 1.70 bits per heavy atom. The fourth-order valence-electron chi connectivity index (χ4n) is 2.97. The van der Waals surface area contributed by atoms with Gasteiger partial charge in [0.1, 0.15) is 0 Å². The van der Waals surface area contributed by atoms with E-state index in [2.05, 4.69) is 5.32 Å². The maximum absolute atomic E-state index is 12.8. The second kappa shape index (κ2) is 9.15. The van der Waals surface area contributed by atoms with Crippen molar-refractivity contribution in [1.29, 1.82) is 0 Å². The highest BCUT2D eigenvalue weighted by atomic mass is 32.2. The minimum Gasteiger partial charge on any atom is -0.351 e. The molecule has 0 heterocycles. The van der Waals surface area contributed by atoms with Crippen molar-refractivity contribution in [2.45, 2.75) is 38.5 Å². The molecule has 6 heteroatoms. The minimum absolute atomic E-state index is 0.166. The van der Waals surface area contributed by atoms with Crippen molar-refractivity contribution < 1.29 is 13.2 Å². The van der Waals surface area contributed by atoms with E-state index in [1.165, 1.54) is 10.4 Å². The van der Waals surface area contributed by atoms with Crippen molar-refractivity contribution in [2.24, 2.45) is 0 Å². The van der Waals surface area contributed by atoms with E-state index in [1.807, 2.05) is 37.3 Å². The molecule has 27 heavy (non-hydrogen) atoms. The summed E-state index contributed by atoms with van der Waals surface area (Å²) >= 11 is 0. The Morgan fingerprint density at radius 1 is 1.07 bits per heavy atom. The van der Waals surface area contributed by atoms with Gasteiger partial charge in [-0.3, -0.25) is 4.79 Å². The smallest absolute Gasteiger partial charge is 0.251 e. The molecule has 1 unspecified atom stereocenters. The Kier molecular flexibility index (Phi) is 7.16. The molecule has 0 aliphatic rings. The van der Waals surface area contributed by atoms with Crippen LogP contribution >= 0.6 is 0 Å². The van der Waals surface area contributed by atoms with Crippen molar-refractivity contribution in [3.63, 3.8) is 0 Å². The Balaban J connectivity index is 2.18. The third kappa shape index (κ3) is 4.96. The summed E-state index contributed by atoms with van der Waals surface area (Å²) in [7, 11) is -3.61. The molecule has 0 saturated heterocycles. The van der Waals surface area contributed by atoms with Gasteiger partial charge in [-0.15, -0.1) is 0 Å². The monoisotopic (exact) mass is 388 g/mol. The molecule has 0 bridgehead atoms. The van der Waals surface area contributed by atoms with Gasteiger partial charge in [0.15, 0.2) is 0 Å². The molecule has 0 spiro atoms. The Bertz CT molecular complexity index is 876. The highest BCUT2D eigenvalue weighted by Crippen LogP contribution is 2.21. The molecule has 5 nitrogen and oxygen atoms in total. The zero-order valence-electron chi connectivity index (χ0n) is 16.4. The average Bonchev–Trinajstić information content (AvgIpc) is 2.67. The van der Waals surface area contributed by atoms with E-state index in [-0.39, 0.29) is 16.7 Å². The maximum atomic E-state index is 12.8. The van der Waals surface area contributed by atoms with E-state index in [0.29, 0.717) is 30.8 Å². The zero-order valence-corrected chi connectivity index (χ0v) is 17.2. The van der Waals surface area contributed by atoms with Crippen LogP contribution < -0.4 is 5.32 Å². The second-order valence-corrected chi connectivity index (χ2v) is 8.50. The van der Waals surface area contributed by atoms with Gasteiger partial charge in [-0.25, -0.2) is 8.42 Å². The number of hydrogen-bond acceptors (Lipinski definition) is 3. The Hall–Kier alpha value is -2.18. The van der Waals surface area contributed by atoms with Crippen molar-refractivity contribution in [2.75, 3.05) is 19.6 Å². The first-order valence-corrected chi connectivity index (χ1v) is 10.7. The van der Waals surface area contributed by atoms with Crippen LogP contribution in [0.3, 0.4) is 0 Å². The van der Waals surface area contributed by atoms with E-state index < -0.39 is 10.0 Å². The summed E-state index contributed by atoms with van der Waals surface area (Å²) in [5, 5.41) is 2.91. The predicted molar refractivity (Wildman–Crippen MR) is 108 cm³/mol. The lowest BCUT2D eigenvalue weighted by molar-refractivity contribution is 0.0951. The van der Waals surface area contributed by atoms with Gasteiger partial charge in [-0.05, 0) is 36.1 Å². The third-order valence-electron chi connectivity index (χ3n) is 4.71. The van der Waals surface area contributed by atoms with Gasteiger partial charge in [0, 0.05) is 25.2 Å². The molecular formula is C21H28N2O3S. The van der Waals surface area contributed by atoms with Gasteiger partial charge in [-0.2, -0.15) is 4.31 Å². The fourth-order valence-corrected chi connectivity index (χ4v) is 4.68. The van der Waals surface area contributed by atoms with Gasteiger partial charge in [0.05, 0.1) is 4.90 Å². The van der Waals surface area contributed by atoms with Gasteiger partial charge in [0.2, 0.25) is 10.0 Å². The fraction of sp³-hybridized carbons (Fsp3) is 0.381. The molecule has 0 aliphatic heterocycles. The van der Waals surface area contributed by atoms with Crippen LogP contribution in [0.1, 0.15) is 48.2 Å². The number of rotatable bonds is 8. The molecule has 146 valence electrons. The number of hydrogen-bond donors (Lipinski definition) is 1. The SMILES string of the molecule is CCN(CC)S(=O)(=O)c1cc(C(=O)NCC(C)c2ccccc2)ccc1C. The Morgan fingerprint density at radius 3 is 2.30 bits per heavy atom. The summed E-state index contributed by atoms with van der Waals surface area (Å²) in [6.45, 7) is 8.66. The summed E-state index contributed by atoms with van der Waals surface area (Å²) in [4.78, 5) is 12.8. The molecule has 0 aromatic heterocycles. The first-order chi connectivity index (χ1) is 12.8. The number of sulfonamides is 1. The van der Waals surface area contributed by atoms with Gasteiger partial charge < -0.3 is 5.32 Å². The molecule has 0 aliphatic carbocycles. The molecule has 2 aromatic carbocycles. The van der Waals surface area contributed by atoms with E-state index in [4.69, 9.17) is 0 Å². The summed E-state index contributed by atoms with van der Waals surface area (Å²) in [5.41, 5.74) is 2.13. The van der Waals surface area contributed by atoms with Crippen molar-refractivity contribution >= 4 is 15.9 Å². The van der Waals surface area contributed by atoms with Gasteiger partial charge in [0.25, 0.3) is 5.91 Å². The number of amides is 1. The highest BCUT2D eigenvalue weighted by Gasteiger charge is 2.24. The Labute approximate surface area is 162 Å². The molecular weight excluding hydrogens is 360 g/mol. The van der Waals surface area contributed by atoms with Crippen LogP contribution in [0.15, 0.2) is 53.4 Å². The molecule has 2 aromatic rings. The summed E-state index contributed by atoms with van der Waals surface area (Å²) in [6.07, 6.45) is 0. The van der Waals surface area contributed by atoms with Crippen LogP contribution in [0, 0.1) is 6.92 Å². The van der Waals surface area contributed by atoms with E-state index in [1.54, 1.807) is 32.9 Å². The van der Waals surface area contributed by atoms with Crippen LogP contribution in [0.4, 0.5) is 0 Å². The van der Waals surface area contributed by atoms with Crippen molar-refractivity contribution in [3.8, 4) is 0 Å². The molecule has 1 atom stereocenters. The number of carbonyl (C=O) groups is 1. The lowest BCUT2D eigenvalue weighted by Gasteiger charge is -2.20. The first kappa shape index (κ1) is 21.1. The minimum atomic E-state index is -3.61. The molecule has 2 rings (SSSR count). The van der Waals surface area contributed by atoms with Crippen molar-refractivity contribution in [1.82, 2.24) is 9.62 Å². The molecule has 0 radical (unpaired) electrons. The predicted octanol–water partition coefficient (Wildman–Crippen LogP) is 3.56. The van der Waals surface area contributed by atoms with Crippen LogP contribution in [0.25, 0.3) is 0 Å². The maximum Gasteiger partial charge on any atom is 0.251 e. The largest absolute Gasteiger partial charge is 0.351 e. The van der Waals surface area contributed by atoms with Crippen LogP contribution in [0.2, 0.25) is 0 Å². The zero-order chi connectivity index (χ0) is 20.0. The number of nitrogens with zero attached hydrogens (tertiary/aromatic N) is 1. The number of carbonyl (C=O) groups excluding carboxylic acids is 1. The number of aryl methyl sites for hydroxylation is 1. The summed E-state index contributed by atoms with van der Waals surface area (Å²) in [6, 6.07) is 14.8. The molecule has 1 amide bonds.